The molecule has 1 saturated carbocycles. The molecule has 0 heterocycles. The van der Waals surface area contributed by atoms with Gasteiger partial charge in [-0.25, -0.2) is 0 Å². The van der Waals surface area contributed by atoms with Crippen LogP contribution in [-0.4, -0.2) is 24.5 Å². The molecule has 2 N–H and O–H groups in total. The lowest BCUT2D eigenvalue weighted by atomic mass is 9.95. The quantitative estimate of drug-likeness (QED) is 0.733. The number of carbonyl (C=O) groups excluding carboxylic acids is 1. The summed E-state index contributed by atoms with van der Waals surface area (Å²) in [6, 6.07) is 0.856. The lowest BCUT2D eigenvalue weighted by molar-refractivity contribution is -0.121. The zero-order valence-corrected chi connectivity index (χ0v) is 12.3. The highest BCUT2D eigenvalue weighted by molar-refractivity contribution is 5.78. The van der Waals surface area contributed by atoms with Gasteiger partial charge in [-0.2, -0.15) is 0 Å². The van der Waals surface area contributed by atoms with E-state index in [-0.39, 0.29) is 5.91 Å². The molecule has 3 heteroatoms. The van der Waals surface area contributed by atoms with Gasteiger partial charge in [0.15, 0.2) is 0 Å². The molecule has 1 rings (SSSR count). The van der Waals surface area contributed by atoms with Crippen LogP contribution in [0.15, 0.2) is 0 Å². The normalized spacial score (nSPS) is 20.4. The number of amides is 1. The molecule has 0 aromatic heterocycles. The smallest absolute Gasteiger partial charge is 0.234 e. The predicted molar refractivity (Wildman–Crippen MR) is 76.6 cm³/mol. The van der Waals surface area contributed by atoms with Crippen LogP contribution in [0.1, 0.15) is 65.7 Å². The van der Waals surface area contributed by atoms with Crippen LogP contribution in [0.3, 0.4) is 0 Å². The van der Waals surface area contributed by atoms with Gasteiger partial charge in [-0.1, -0.05) is 39.5 Å². The van der Waals surface area contributed by atoms with Crippen LogP contribution in [0, 0.1) is 5.92 Å². The molecule has 0 aromatic carbocycles. The highest BCUT2D eigenvalue weighted by Gasteiger charge is 2.16. The first kappa shape index (κ1) is 15.5. The van der Waals surface area contributed by atoms with Crippen molar-refractivity contribution in [2.24, 2.45) is 5.92 Å². The summed E-state index contributed by atoms with van der Waals surface area (Å²) in [5.74, 6) is 0.895. The van der Waals surface area contributed by atoms with Gasteiger partial charge < -0.3 is 10.6 Å². The van der Waals surface area contributed by atoms with E-state index in [2.05, 4.69) is 31.4 Å². The summed E-state index contributed by atoms with van der Waals surface area (Å²) >= 11 is 0. The second-order valence-electron chi connectivity index (χ2n) is 5.93. The van der Waals surface area contributed by atoms with E-state index < -0.39 is 0 Å². The van der Waals surface area contributed by atoms with E-state index in [1.165, 1.54) is 25.7 Å². The Balaban J connectivity index is 2.12. The van der Waals surface area contributed by atoms with Crippen LogP contribution in [0.25, 0.3) is 0 Å². The largest absolute Gasteiger partial charge is 0.352 e. The molecule has 0 aromatic rings. The average Bonchev–Trinajstić information content (AvgIpc) is 2.37. The van der Waals surface area contributed by atoms with Crippen LogP contribution in [0.4, 0.5) is 0 Å². The third kappa shape index (κ3) is 6.39. The zero-order valence-electron chi connectivity index (χ0n) is 12.3. The molecular formula is C15H30N2O. The molecule has 18 heavy (non-hydrogen) atoms. The lowest BCUT2D eigenvalue weighted by Crippen LogP contribution is -2.43. The van der Waals surface area contributed by atoms with Crippen molar-refractivity contribution in [3.63, 3.8) is 0 Å². The van der Waals surface area contributed by atoms with Gasteiger partial charge in [0.25, 0.3) is 0 Å². The van der Waals surface area contributed by atoms with Gasteiger partial charge in [-0.15, -0.1) is 0 Å². The molecule has 1 aliphatic carbocycles. The van der Waals surface area contributed by atoms with Gasteiger partial charge in [0, 0.05) is 12.1 Å². The van der Waals surface area contributed by atoms with Gasteiger partial charge in [0.05, 0.1) is 6.54 Å². The minimum atomic E-state index is 0.165. The highest BCUT2D eigenvalue weighted by Crippen LogP contribution is 2.17. The fourth-order valence-electron chi connectivity index (χ4n) is 2.65. The number of nitrogens with one attached hydrogen (secondary N) is 2. The molecule has 1 aliphatic rings. The maximum absolute atomic E-state index is 11.8. The van der Waals surface area contributed by atoms with E-state index in [9.17, 15) is 4.79 Å². The Hall–Kier alpha value is -0.570. The monoisotopic (exact) mass is 254 g/mol. The van der Waals surface area contributed by atoms with Gasteiger partial charge >= 0.3 is 0 Å². The van der Waals surface area contributed by atoms with Crippen molar-refractivity contribution in [3.8, 4) is 0 Å². The van der Waals surface area contributed by atoms with Crippen molar-refractivity contribution >= 4 is 5.91 Å². The highest BCUT2D eigenvalue weighted by atomic mass is 16.1. The first-order valence-corrected chi connectivity index (χ1v) is 7.64. The predicted octanol–water partition coefficient (Wildman–Crippen LogP) is 2.85. The molecule has 0 spiro atoms. The number of carbonyl (C=O) groups is 1. The van der Waals surface area contributed by atoms with Crippen molar-refractivity contribution in [1.82, 2.24) is 10.6 Å². The van der Waals surface area contributed by atoms with Crippen LogP contribution in [-0.2, 0) is 4.79 Å². The third-order valence-corrected chi connectivity index (χ3v) is 4.03. The second-order valence-corrected chi connectivity index (χ2v) is 5.93. The molecule has 1 amide bonds. The minimum absolute atomic E-state index is 0.165. The van der Waals surface area contributed by atoms with Crippen LogP contribution in [0.5, 0.6) is 0 Å². The fraction of sp³-hybridized carbons (Fsp3) is 0.933. The summed E-state index contributed by atoms with van der Waals surface area (Å²) in [6.45, 7) is 7.11. The van der Waals surface area contributed by atoms with E-state index in [1.807, 2.05) is 0 Å². The second kappa shape index (κ2) is 8.52. The van der Waals surface area contributed by atoms with Crippen LogP contribution in [0.2, 0.25) is 0 Å². The Morgan fingerprint density at radius 2 is 1.89 bits per heavy atom. The number of hydrogen-bond acceptors (Lipinski definition) is 2. The maximum Gasteiger partial charge on any atom is 0.234 e. The minimum Gasteiger partial charge on any atom is -0.352 e. The molecule has 0 saturated heterocycles. The summed E-state index contributed by atoms with van der Waals surface area (Å²) in [5, 5.41) is 6.47. The lowest BCUT2D eigenvalue weighted by Gasteiger charge is -2.23. The molecule has 2 atom stereocenters. The van der Waals surface area contributed by atoms with E-state index in [0.29, 0.717) is 18.6 Å². The summed E-state index contributed by atoms with van der Waals surface area (Å²) in [4.78, 5) is 11.8. The SMILES string of the molecule is CCC(C)CC(C)NCC(=O)NC1CCCCC1. The van der Waals surface area contributed by atoms with Crippen LogP contribution >= 0.6 is 0 Å². The van der Waals surface area contributed by atoms with E-state index in [4.69, 9.17) is 0 Å². The summed E-state index contributed by atoms with van der Waals surface area (Å²) in [5.41, 5.74) is 0. The van der Waals surface area contributed by atoms with Crippen molar-refractivity contribution in [2.45, 2.75) is 77.8 Å². The summed E-state index contributed by atoms with van der Waals surface area (Å²) in [7, 11) is 0. The Labute approximate surface area is 112 Å². The molecule has 0 bridgehead atoms. The fourth-order valence-corrected chi connectivity index (χ4v) is 2.65. The number of rotatable bonds is 7. The standard InChI is InChI=1S/C15H30N2O/c1-4-12(2)10-13(3)16-11-15(18)17-14-8-6-5-7-9-14/h12-14,16H,4-11H2,1-3H3,(H,17,18). The van der Waals surface area contributed by atoms with Crippen molar-refractivity contribution in [1.29, 1.82) is 0 Å². The van der Waals surface area contributed by atoms with Gasteiger partial charge in [0.1, 0.15) is 0 Å². The van der Waals surface area contributed by atoms with Gasteiger partial charge in [-0.3, -0.25) is 4.79 Å². The average molecular weight is 254 g/mol. The topological polar surface area (TPSA) is 41.1 Å². The Kier molecular flexibility index (Phi) is 7.33. The van der Waals surface area contributed by atoms with E-state index in [0.717, 1.165) is 25.2 Å². The van der Waals surface area contributed by atoms with Crippen molar-refractivity contribution in [3.05, 3.63) is 0 Å². The molecule has 2 unspecified atom stereocenters. The first-order valence-electron chi connectivity index (χ1n) is 7.64. The van der Waals surface area contributed by atoms with Gasteiger partial charge in [0.2, 0.25) is 5.91 Å². The third-order valence-electron chi connectivity index (χ3n) is 4.03. The molecular weight excluding hydrogens is 224 g/mol. The zero-order chi connectivity index (χ0) is 13.4. The number of hydrogen-bond donors (Lipinski definition) is 2. The Bertz CT molecular complexity index is 237. The van der Waals surface area contributed by atoms with E-state index >= 15 is 0 Å². The molecule has 0 radical (unpaired) electrons. The van der Waals surface area contributed by atoms with Crippen molar-refractivity contribution < 1.29 is 4.79 Å². The Morgan fingerprint density at radius 1 is 1.22 bits per heavy atom. The summed E-state index contributed by atoms with van der Waals surface area (Å²) < 4.78 is 0. The first-order chi connectivity index (χ1) is 8.61. The molecule has 106 valence electrons. The molecule has 0 aliphatic heterocycles. The van der Waals surface area contributed by atoms with Crippen LogP contribution < -0.4 is 10.6 Å². The summed E-state index contributed by atoms with van der Waals surface area (Å²) in [6.07, 6.45) is 8.54. The van der Waals surface area contributed by atoms with Gasteiger partial charge in [-0.05, 0) is 32.1 Å². The van der Waals surface area contributed by atoms with E-state index in [1.54, 1.807) is 0 Å². The molecule has 3 nitrogen and oxygen atoms in total. The Morgan fingerprint density at radius 3 is 2.50 bits per heavy atom. The maximum atomic E-state index is 11.8. The van der Waals surface area contributed by atoms with Crippen molar-refractivity contribution in [2.75, 3.05) is 6.54 Å². The molecule has 1 fully saturated rings.